The molecule has 1 aliphatic heterocycles. The van der Waals surface area contributed by atoms with E-state index in [2.05, 4.69) is 34.2 Å². The van der Waals surface area contributed by atoms with Crippen LogP contribution >= 0.6 is 0 Å². The lowest BCUT2D eigenvalue weighted by molar-refractivity contribution is -0.127. The van der Waals surface area contributed by atoms with Gasteiger partial charge >= 0.3 is 0 Å². The highest BCUT2D eigenvalue weighted by Crippen LogP contribution is 2.25. The van der Waals surface area contributed by atoms with Crippen molar-refractivity contribution in [1.82, 2.24) is 10.2 Å². The summed E-state index contributed by atoms with van der Waals surface area (Å²) in [5.41, 5.74) is 1.19. The van der Waals surface area contributed by atoms with Gasteiger partial charge in [-0.1, -0.05) is 25.8 Å². The van der Waals surface area contributed by atoms with Gasteiger partial charge in [0.25, 0.3) is 0 Å². The van der Waals surface area contributed by atoms with Crippen LogP contribution in [-0.2, 0) is 4.79 Å². The van der Waals surface area contributed by atoms with Crippen LogP contribution < -0.4 is 15.0 Å². The highest BCUT2D eigenvalue weighted by Gasteiger charge is 2.29. The van der Waals surface area contributed by atoms with Crippen molar-refractivity contribution >= 4 is 11.6 Å². The number of nitrogens with one attached hydrogen (secondary N) is 1. The smallest absolute Gasteiger partial charge is 0.237 e. The van der Waals surface area contributed by atoms with E-state index >= 15 is 0 Å². The van der Waals surface area contributed by atoms with Crippen LogP contribution in [-0.4, -0.2) is 56.2 Å². The van der Waals surface area contributed by atoms with Gasteiger partial charge in [0, 0.05) is 44.0 Å². The molecule has 1 N–H and O–H groups in total. The number of carbonyl (C=O) groups excluding carboxylic acids is 1. The van der Waals surface area contributed by atoms with Gasteiger partial charge in [0.05, 0.1) is 13.2 Å². The van der Waals surface area contributed by atoms with Crippen molar-refractivity contribution in [3.05, 3.63) is 24.3 Å². The molecule has 0 radical (unpaired) electrons. The summed E-state index contributed by atoms with van der Waals surface area (Å²) in [6.07, 6.45) is 4.90. The van der Waals surface area contributed by atoms with E-state index < -0.39 is 0 Å². The second kappa shape index (κ2) is 8.76. The topological polar surface area (TPSA) is 44.8 Å². The maximum absolute atomic E-state index is 12.7. The number of anilines is 1. The third kappa shape index (κ3) is 4.50. The van der Waals surface area contributed by atoms with E-state index in [1.54, 1.807) is 7.11 Å². The van der Waals surface area contributed by atoms with Gasteiger partial charge in [-0.25, -0.2) is 0 Å². The quantitative estimate of drug-likeness (QED) is 0.878. The molecule has 3 rings (SSSR count). The molecular weight excluding hydrogens is 326 g/mol. The van der Waals surface area contributed by atoms with Crippen molar-refractivity contribution in [1.29, 1.82) is 0 Å². The molecule has 1 saturated carbocycles. The summed E-state index contributed by atoms with van der Waals surface area (Å²) in [6.45, 7) is 8.00. The molecule has 1 saturated heterocycles. The minimum atomic E-state index is -0.0587. The Bertz CT molecular complexity index is 599. The highest BCUT2D eigenvalue weighted by molar-refractivity contribution is 5.81. The Morgan fingerprint density at radius 1 is 1.19 bits per heavy atom. The fourth-order valence-electron chi connectivity index (χ4n) is 4.17. The Balaban J connectivity index is 1.51. The standard InChI is InChI=1S/C21H33N3O2/c1-16-7-4-5-10-20(16)22-21(25)17(2)23-11-13-24(14-12-23)18-8-6-9-19(15-18)26-3/h6,8-9,15-17,20H,4-5,7,10-14H2,1-3H3,(H,22,25)/t16-,17-,20-/m1/s1. The molecule has 2 fully saturated rings. The molecule has 1 amide bonds. The van der Waals surface area contributed by atoms with Crippen LogP contribution in [0.1, 0.15) is 39.5 Å². The Kier molecular flexibility index (Phi) is 6.41. The summed E-state index contributed by atoms with van der Waals surface area (Å²) in [4.78, 5) is 17.4. The fraction of sp³-hybridized carbons (Fsp3) is 0.667. The van der Waals surface area contributed by atoms with Crippen LogP contribution in [0, 0.1) is 5.92 Å². The molecule has 1 aromatic rings. The van der Waals surface area contributed by atoms with Gasteiger partial charge < -0.3 is 15.0 Å². The monoisotopic (exact) mass is 359 g/mol. The van der Waals surface area contributed by atoms with Crippen molar-refractivity contribution in [2.45, 2.75) is 51.6 Å². The van der Waals surface area contributed by atoms with E-state index in [9.17, 15) is 4.79 Å². The minimum Gasteiger partial charge on any atom is -0.497 e. The van der Waals surface area contributed by atoms with Gasteiger partial charge in [-0.3, -0.25) is 9.69 Å². The Morgan fingerprint density at radius 2 is 1.92 bits per heavy atom. The van der Waals surface area contributed by atoms with Crippen LogP contribution in [0.15, 0.2) is 24.3 Å². The van der Waals surface area contributed by atoms with E-state index in [0.29, 0.717) is 12.0 Å². The Labute approximate surface area is 157 Å². The number of amides is 1. The van der Waals surface area contributed by atoms with Crippen LogP contribution in [0.5, 0.6) is 5.75 Å². The van der Waals surface area contributed by atoms with Gasteiger partial charge in [0.1, 0.15) is 5.75 Å². The van der Waals surface area contributed by atoms with E-state index in [1.165, 1.54) is 24.9 Å². The lowest BCUT2D eigenvalue weighted by Crippen LogP contribution is -2.55. The molecule has 1 heterocycles. The van der Waals surface area contributed by atoms with Crippen LogP contribution in [0.3, 0.4) is 0 Å². The molecule has 2 aliphatic rings. The Morgan fingerprint density at radius 3 is 2.62 bits per heavy atom. The third-order valence-electron chi connectivity index (χ3n) is 6.10. The predicted octanol–water partition coefficient (Wildman–Crippen LogP) is 2.90. The first kappa shape index (κ1) is 19.0. The van der Waals surface area contributed by atoms with Crippen LogP contribution in [0.25, 0.3) is 0 Å². The number of hydrogen-bond donors (Lipinski definition) is 1. The van der Waals surface area contributed by atoms with E-state index in [0.717, 1.165) is 38.3 Å². The van der Waals surface area contributed by atoms with Crippen molar-refractivity contribution < 1.29 is 9.53 Å². The van der Waals surface area contributed by atoms with Gasteiger partial charge in [-0.2, -0.15) is 0 Å². The zero-order valence-electron chi connectivity index (χ0n) is 16.4. The molecular formula is C21H33N3O2. The number of rotatable bonds is 5. The molecule has 3 atom stereocenters. The van der Waals surface area contributed by atoms with Crippen LogP contribution in [0.4, 0.5) is 5.69 Å². The molecule has 0 unspecified atom stereocenters. The fourth-order valence-corrected chi connectivity index (χ4v) is 4.17. The molecule has 1 aromatic carbocycles. The number of carbonyl (C=O) groups is 1. The average molecular weight is 360 g/mol. The SMILES string of the molecule is COc1cccc(N2CCN([C@H](C)C(=O)N[C@@H]3CCCC[C@H]3C)CC2)c1. The first-order chi connectivity index (χ1) is 12.6. The van der Waals surface area contributed by atoms with Gasteiger partial charge in [0.15, 0.2) is 0 Å². The minimum absolute atomic E-state index is 0.0587. The molecule has 5 nitrogen and oxygen atoms in total. The number of hydrogen-bond acceptors (Lipinski definition) is 4. The lowest BCUT2D eigenvalue weighted by atomic mass is 9.86. The van der Waals surface area contributed by atoms with E-state index in [1.807, 2.05) is 19.1 Å². The van der Waals surface area contributed by atoms with Crippen molar-refractivity contribution in [3.8, 4) is 5.75 Å². The second-order valence-electron chi connectivity index (χ2n) is 7.78. The number of benzene rings is 1. The molecule has 5 heteroatoms. The number of piperazine rings is 1. The first-order valence-electron chi connectivity index (χ1n) is 10.0. The number of ether oxygens (including phenoxy) is 1. The maximum atomic E-state index is 12.7. The number of methoxy groups -OCH3 is 1. The predicted molar refractivity (Wildman–Crippen MR) is 106 cm³/mol. The van der Waals surface area contributed by atoms with Crippen molar-refractivity contribution in [2.75, 3.05) is 38.2 Å². The number of nitrogens with zero attached hydrogens (tertiary/aromatic N) is 2. The molecule has 0 aromatic heterocycles. The molecule has 144 valence electrons. The molecule has 0 spiro atoms. The highest BCUT2D eigenvalue weighted by atomic mass is 16.5. The molecule has 0 bridgehead atoms. The molecule has 26 heavy (non-hydrogen) atoms. The third-order valence-corrected chi connectivity index (χ3v) is 6.10. The summed E-state index contributed by atoms with van der Waals surface area (Å²) < 4.78 is 5.33. The maximum Gasteiger partial charge on any atom is 0.237 e. The van der Waals surface area contributed by atoms with Gasteiger partial charge in [0.2, 0.25) is 5.91 Å². The van der Waals surface area contributed by atoms with Crippen LogP contribution in [0.2, 0.25) is 0 Å². The molecule has 1 aliphatic carbocycles. The summed E-state index contributed by atoms with van der Waals surface area (Å²) in [7, 11) is 1.70. The van der Waals surface area contributed by atoms with Crippen molar-refractivity contribution in [2.24, 2.45) is 5.92 Å². The first-order valence-corrected chi connectivity index (χ1v) is 10.0. The second-order valence-corrected chi connectivity index (χ2v) is 7.78. The largest absolute Gasteiger partial charge is 0.497 e. The Hall–Kier alpha value is -1.75. The summed E-state index contributed by atoms with van der Waals surface area (Å²) in [5.74, 6) is 1.68. The van der Waals surface area contributed by atoms with E-state index in [-0.39, 0.29) is 11.9 Å². The lowest BCUT2D eigenvalue weighted by Gasteiger charge is -2.39. The van der Waals surface area contributed by atoms with E-state index in [4.69, 9.17) is 4.74 Å². The average Bonchev–Trinajstić information content (AvgIpc) is 2.69. The normalized spacial score (nSPS) is 25.6. The summed E-state index contributed by atoms with van der Waals surface area (Å²) in [6, 6.07) is 8.50. The zero-order valence-corrected chi connectivity index (χ0v) is 16.4. The van der Waals surface area contributed by atoms with Gasteiger partial charge in [-0.15, -0.1) is 0 Å². The summed E-state index contributed by atoms with van der Waals surface area (Å²) in [5, 5.41) is 3.31. The zero-order chi connectivity index (χ0) is 18.5. The summed E-state index contributed by atoms with van der Waals surface area (Å²) >= 11 is 0. The van der Waals surface area contributed by atoms with Crippen molar-refractivity contribution in [3.63, 3.8) is 0 Å². The van der Waals surface area contributed by atoms with Gasteiger partial charge in [-0.05, 0) is 37.8 Å².